The molecule has 1 fully saturated rings. The van der Waals surface area contributed by atoms with E-state index in [4.69, 9.17) is 4.74 Å². The summed E-state index contributed by atoms with van der Waals surface area (Å²) in [5.74, 6) is -0.0610. The molecule has 3 heterocycles. The topological polar surface area (TPSA) is 55.6 Å². The Hall–Kier alpha value is -1.88. The second-order valence-electron chi connectivity index (χ2n) is 4.49. The van der Waals surface area contributed by atoms with Crippen molar-refractivity contribution in [3.8, 4) is 0 Å². The number of ether oxygens (including phenoxy) is 1. The molecule has 0 aromatic carbocycles. The predicted molar refractivity (Wildman–Crippen MR) is 67.4 cm³/mol. The molecule has 1 aliphatic rings. The van der Waals surface area contributed by atoms with Gasteiger partial charge in [-0.1, -0.05) is 0 Å². The van der Waals surface area contributed by atoms with Crippen LogP contribution in [0.4, 0.5) is 5.69 Å². The first-order valence-corrected chi connectivity index (χ1v) is 6.17. The Labute approximate surface area is 105 Å². The van der Waals surface area contributed by atoms with Crippen LogP contribution in [-0.2, 0) is 9.53 Å². The highest BCUT2D eigenvalue weighted by atomic mass is 16.5. The summed E-state index contributed by atoms with van der Waals surface area (Å²) in [4.78, 5) is 16.0. The number of rotatable bonds is 2. The summed E-state index contributed by atoms with van der Waals surface area (Å²) in [6.07, 6.45) is 7.93. The van der Waals surface area contributed by atoms with Crippen LogP contribution in [0.3, 0.4) is 0 Å². The van der Waals surface area contributed by atoms with Crippen molar-refractivity contribution in [2.45, 2.75) is 25.4 Å². The molecule has 94 valence electrons. The summed E-state index contributed by atoms with van der Waals surface area (Å²) in [7, 11) is 0. The lowest BCUT2D eigenvalue weighted by atomic mass is 10.1. The summed E-state index contributed by atoms with van der Waals surface area (Å²) in [6.45, 7) is 0.679. The smallest absolute Gasteiger partial charge is 0.253 e. The largest absolute Gasteiger partial charge is 0.368 e. The Kier molecular flexibility index (Phi) is 2.98. The van der Waals surface area contributed by atoms with Gasteiger partial charge in [-0.05, 0) is 31.4 Å². The van der Waals surface area contributed by atoms with Crippen molar-refractivity contribution in [1.82, 2.24) is 9.38 Å². The number of aromatic nitrogens is 2. The molecule has 1 atom stereocenters. The van der Waals surface area contributed by atoms with Crippen LogP contribution in [0.1, 0.15) is 19.3 Å². The fourth-order valence-corrected chi connectivity index (χ4v) is 2.16. The van der Waals surface area contributed by atoms with Gasteiger partial charge in [-0.25, -0.2) is 4.98 Å². The van der Waals surface area contributed by atoms with E-state index in [2.05, 4.69) is 10.3 Å². The first-order valence-electron chi connectivity index (χ1n) is 6.17. The Balaban J connectivity index is 1.72. The minimum absolute atomic E-state index is 0.0610. The van der Waals surface area contributed by atoms with Crippen LogP contribution in [0.25, 0.3) is 5.52 Å². The van der Waals surface area contributed by atoms with Crippen molar-refractivity contribution in [2.24, 2.45) is 0 Å². The molecular weight excluding hydrogens is 230 g/mol. The number of anilines is 1. The maximum absolute atomic E-state index is 12.0. The fraction of sp³-hybridized carbons (Fsp3) is 0.385. The van der Waals surface area contributed by atoms with Gasteiger partial charge in [-0.2, -0.15) is 0 Å². The molecule has 0 radical (unpaired) electrons. The van der Waals surface area contributed by atoms with E-state index in [1.54, 1.807) is 12.5 Å². The molecule has 3 rings (SSSR count). The fourth-order valence-electron chi connectivity index (χ4n) is 2.16. The average molecular weight is 245 g/mol. The molecule has 1 N–H and O–H groups in total. The molecule has 18 heavy (non-hydrogen) atoms. The molecule has 2 aromatic rings. The van der Waals surface area contributed by atoms with Crippen LogP contribution in [0.2, 0.25) is 0 Å². The third-order valence-corrected chi connectivity index (χ3v) is 3.15. The number of imidazole rings is 1. The number of hydrogen-bond acceptors (Lipinski definition) is 3. The molecule has 1 amide bonds. The van der Waals surface area contributed by atoms with Crippen LogP contribution >= 0.6 is 0 Å². The zero-order valence-electron chi connectivity index (χ0n) is 10.0. The lowest BCUT2D eigenvalue weighted by Crippen LogP contribution is -2.33. The van der Waals surface area contributed by atoms with Crippen LogP contribution in [0, 0.1) is 0 Å². The molecule has 5 heteroatoms. The lowest BCUT2D eigenvalue weighted by Gasteiger charge is -2.21. The minimum Gasteiger partial charge on any atom is -0.368 e. The van der Waals surface area contributed by atoms with Crippen molar-refractivity contribution >= 4 is 17.1 Å². The Bertz CT molecular complexity index is 558. The first kappa shape index (κ1) is 11.2. The van der Waals surface area contributed by atoms with E-state index in [9.17, 15) is 4.79 Å². The average Bonchev–Trinajstić information content (AvgIpc) is 2.87. The predicted octanol–water partition coefficient (Wildman–Crippen LogP) is 1.84. The number of nitrogens with one attached hydrogen (secondary N) is 1. The van der Waals surface area contributed by atoms with Crippen molar-refractivity contribution < 1.29 is 9.53 Å². The van der Waals surface area contributed by atoms with Gasteiger partial charge in [0, 0.05) is 12.8 Å². The third-order valence-electron chi connectivity index (χ3n) is 3.15. The van der Waals surface area contributed by atoms with Gasteiger partial charge in [0.15, 0.2) is 0 Å². The summed E-state index contributed by atoms with van der Waals surface area (Å²) in [5.41, 5.74) is 1.77. The van der Waals surface area contributed by atoms with Crippen molar-refractivity contribution in [2.75, 3.05) is 11.9 Å². The maximum Gasteiger partial charge on any atom is 0.253 e. The van der Waals surface area contributed by atoms with Gasteiger partial charge >= 0.3 is 0 Å². The molecule has 0 bridgehead atoms. The van der Waals surface area contributed by atoms with E-state index in [-0.39, 0.29) is 12.0 Å². The number of hydrogen-bond donors (Lipinski definition) is 1. The van der Waals surface area contributed by atoms with Crippen LogP contribution in [0.5, 0.6) is 0 Å². The van der Waals surface area contributed by atoms with E-state index < -0.39 is 0 Å². The number of pyridine rings is 1. The zero-order valence-corrected chi connectivity index (χ0v) is 10.0. The lowest BCUT2D eigenvalue weighted by molar-refractivity contribution is -0.129. The SMILES string of the molecule is O=C(Nc1ccc2cncn2c1)[C@@H]1CCCCO1. The maximum atomic E-state index is 12.0. The monoisotopic (exact) mass is 245 g/mol. The molecule has 0 unspecified atom stereocenters. The normalized spacial score (nSPS) is 19.9. The zero-order chi connectivity index (χ0) is 12.4. The standard InChI is InChI=1S/C13H15N3O2/c17-13(12-3-1-2-6-18-12)15-10-4-5-11-7-14-9-16(11)8-10/h4-5,7-9,12H,1-3,6H2,(H,15,17)/t12-/m0/s1. The molecule has 0 saturated carbocycles. The number of amides is 1. The van der Waals surface area contributed by atoms with E-state index >= 15 is 0 Å². The second-order valence-corrected chi connectivity index (χ2v) is 4.49. The highest BCUT2D eigenvalue weighted by molar-refractivity contribution is 5.94. The molecular formula is C13H15N3O2. The van der Waals surface area contributed by atoms with Crippen LogP contribution < -0.4 is 5.32 Å². The van der Waals surface area contributed by atoms with E-state index in [1.165, 1.54) is 0 Å². The quantitative estimate of drug-likeness (QED) is 0.878. The number of carbonyl (C=O) groups is 1. The van der Waals surface area contributed by atoms with Crippen molar-refractivity contribution in [3.05, 3.63) is 30.9 Å². The highest BCUT2D eigenvalue weighted by Gasteiger charge is 2.21. The van der Waals surface area contributed by atoms with Crippen molar-refractivity contribution in [3.63, 3.8) is 0 Å². The highest BCUT2D eigenvalue weighted by Crippen LogP contribution is 2.16. The summed E-state index contributed by atoms with van der Waals surface area (Å²) >= 11 is 0. The van der Waals surface area contributed by atoms with Gasteiger partial charge in [-0.15, -0.1) is 0 Å². The van der Waals surface area contributed by atoms with Crippen LogP contribution in [0.15, 0.2) is 30.9 Å². The van der Waals surface area contributed by atoms with Crippen molar-refractivity contribution in [1.29, 1.82) is 0 Å². The molecule has 1 saturated heterocycles. The number of nitrogens with zero attached hydrogens (tertiary/aromatic N) is 2. The van der Waals surface area contributed by atoms with Gasteiger partial charge in [0.25, 0.3) is 5.91 Å². The second kappa shape index (κ2) is 4.78. The molecule has 0 aliphatic carbocycles. The van der Waals surface area contributed by atoms with E-state index in [0.717, 1.165) is 30.5 Å². The third kappa shape index (κ3) is 2.22. The van der Waals surface area contributed by atoms with Gasteiger partial charge in [-0.3, -0.25) is 4.79 Å². The Morgan fingerprint density at radius 2 is 2.39 bits per heavy atom. The van der Waals surface area contributed by atoms with E-state index in [1.807, 2.05) is 22.7 Å². The summed E-state index contributed by atoms with van der Waals surface area (Å²) in [6, 6.07) is 3.79. The summed E-state index contributed by atoms with van der Waals surface area (Å²) in [5, 5.41) is 2.88. The minimum atomic E-state index is -0.308. The van der Waals surface area contributed by atoms with Gasteiger partial charge in [0.05, 0.1) is 23.7 Å². The van der Waals surface area contributed by atoms with Gasteiger partial charge in [0.2, 0.25) is 0 Å². The summed E-state index contributed by atoms with van der Waals surface area (Å²) < 4.78 is 7.33. The van der Waals surface area contributed by atoms with Crippen LogP contribution in [-0.4, -0.2) is 28.0 Å². The molecule has 5 nitrogen and oxygen atoms in total. The molecule has 1 aliphatic heterocycles. The van der Waals surface area contributed by atoms with Gasteiger partial charge in [0.1, 0.15) is 6.10 Å². The molecule has 0 spiro atoms. The molecule has 2 aromatic heterocycles. The Morgan fingerprint density at radius 3 is 3.22 bits per heavy atom. The first-order chi connectivity index (χ1) is 8.83. The number of fused-ring (bicyclic) bond motifs is 1. The van der Waals surface area contributed by atoms with E-state index in [0.29, 0.717) is 6.61 Å². The number of carbonyl (C=O) groups excluding carboxylic acids is 1. The van der Waals surface area contributed by atoms with Gasteiger partial charge < -0.3 is 14.5 Å². The Morgan fingerprint density at radius 1 is 1.44 bits per heavy atom.